The first-order valence-corrected chi connectivity index (χ1v) is 6.39. The third kappa shape index (κ3) is 3.16. The number of carbonyl (C=O) groups is 2. The molecule has 1 aromatic rings. The molecule has 0 aromatic carbocycles. The maximum atomic E-state index is 12.1. The Balaban J connectivity index is 2.83. The molecule has 0 spiro atoms. The Morgan fingerprint density at radius 3 is 2.37 bits per heavy atom. The van der Waals surface area contributed by atoms with Gasteiger partial charge < -0.3 is 15.0 Å². The number of nitrogens with zero attached hydrogens (tertiary/aromatic N) is 1. The van der Waals surface area contributed by atoms with E-state index in [0.717, 1.165) is 17.9 Å². The van der Waals surface area contributed by atoms with Gasteiger partial charge in [-0.2, -0.15) is 0 Å². The lowest BCUT2D eigenvalue weighted by Crippen LogP contribution is -2.39. The van der Waals surface area contributed by atoms with Crippen molar-refractivity contribution in [2.24, 2.45) is 5.41 Å². The van der Waals surface area contributed by atoms with Crippen molar-refractivity contribution in [3.05, 3.63) is 23.0 Å². The van der Waals surface area contributed by atoms with Gasteiger partial charge in [0.15, 0.2) is 0 Å². The molecule has 0 unspecified atom stereocenters. The first-order valence-electron chi connectivity index (χ1n) is 6.39. The normalized spacial score (nSPS) is 11.4. The fourth-order valence-corrected chi connectivity index (χ4v) is 1.99. The molecule has 0 atom stereocenters. The fraction of sp³-hybridized carbons (Fsp3) is 0.571. The maximum absolute atomic E-state index is 12.1. The molecule has 2 N–H and O–H groups in total. The van der Waals surface area contributed by atoms with Crippen LogP contribution < -0.4 is 5.32 Å². The summed E-state index contributed by atoms with van der Waals surface area (Å²) in [7, 11) is 0. The van der Waals surface area contributed by atoms with Gasteiger partial charge in [0.2, 0.25) is 0 Å². The predicted molar refractivity (Wildman–Crippen MR) is 73.3 cm³/mol. The highest BCUT2D eigenvalue weighted by atomic mass is 16.4. The summed E-state index contributed by atoms with van der Waals surface area (Å²) in [6.45, 7) is 9.97. The SMILES string of the molecule is CCn1c(C)cc(C(=O)NCC(C)(C)C(=O)O)c1C. The fourth-order valence-electron chi connectivity index (χ4n) is 1.99. The molecule has 0 radical (unpaired) electrons. The molecule has 106 valence electrons. The number of carboxylic acid groups (broad SMARTS) is 1. The van der Waals surface area contributed by atoms with Crippen molar-refractivity contribution in [3.8, 4) is 0 Å². The quantitative estimate of drug-likeness (QED) is 0.856. The first-order chi connectivity index (χ1) is 8.70. The number of rotatable bonds is 5. The summed E-state index contributed by atoms with van der Waals surface area (Å²) < 4.78 is 2.05. The number of aromatic nitrogens is 1. The van der Waals surface area contributed by atoms with Crippen molar-refractivity contribution in [1.29, 1.82) is 0 Å². The van der Waals surface area contributed by atoms with Crippen LogP contribution in [0.3, 0.4) is 0 Å². The minimum Gasteiger partial charge on any atom is -0.481 e. The van der Waals surface area contributed by atoms with Crippen LogP contribution in [0.2, 0.25) is 0 Å². The van der Waals surface area contributed by atoms with Gasteiger partial charge in [-0.3, -0.25) is 9.59 Å². The highest BCUT2D eigenvalue weighted by molar-refractivity contribution is 5.96. The Labute approximate surface area is 113 Å². The predicted octanol–water partition coefficient (Wildman–Crippen LogP) is 1.97. The molecule has 5 heteroatoms. The second kappa shape index (κ2) is 5.47. The van der Waals surface area contributed by atoms with Crippen molar-refractivity contribution >= 4 is 11.9 Å². The molecule has 1 aromatic heterocycles. The number of amides is 1. The summed E-state index contributed by atoms with van der Waals surface area (Å²) >= 11 is 0. The van der Waals surface area contributed by atoms with Crippen LogP contribution in [0.15, 0.2) is 6.07 Å². The van der Waals surface area contributed by atoms with Crippen LogP contribution in [0.25, 0.3) is 0 Å². The summed E-state index contributed by atoms with van der Waals surface area (Å²) in [5.41, 5.74) is 1.58. The van der Waals surface area contributed by atoms with Crippen molar-refractivity contribution in [2.75, 3.05) is 6.54 Å². The van der Waals surface area contributed by atoms with Crippen molar-refractivity contribution in [1.82, 2.24) is 9.88 Å². The number of nitrogens with one attached hydrogen (secondary N) is 1. The molecule has 0 aliphatic heterocycles. The van der Waals surface area contributed by atoms with Crippen molar-refractivity contribution in [2.45, 2.75) is 41.2 Å². The number of aliphatic carboxylic acids is 1. The smallest absolute Gasteiger partial charge is 0.310 e. The molecule has 5 nitrogen and oxygen atoms in total. The first kappa shape index (κ1) is 15.3. The largest absolute Gasteiger partial charge is 0.481 e. The zero-order valence-corrected chi connectivity index (χ0v) is 12.2. The Kier molecular flexibility index (Phi) is 4.39. The Morgan fingerprint density at radius 1 is 1.37 bits per heavy atom. The van der Waals surface area contributed by atoms with E-state index in [1.807, 2.05) is 26.8 Å². The van der Waals surface area contributed by atoms with E-state index in [1.54, 1.807) is 13.8 Å². The molecule has 0 aliphatic rings. The average Bonchev–Trinajstić information content (AvgIpc) is 2.61. The highest BCUT2D eigenvalue weighted by Crippen LogP contribution is 2.17. The van der Waals surface area contributed by atoms with Crippen LogP contribution in [0, 0.1) is 19.3 Å². The van der Waals surface area contributed by atoms with E-state index in [0.29, 0.717) is 5.56 Å². The van der Waals surface area contributed by atoms with Gasteiger partial charge in [0.25, 0.3) is 5.91 Å². The standard InChI is InChI=1S/C14H22N2O3/c1-6-16-9(2)7-11(10(16)3)12(17)15-8-14(4,5)13(18)19/h7H,6,8H2,1-5H3,(H,15,17)(H,18,19). The zero-order valence-electron chi connectivity index (χ0n) is 12.2. The minimum absolute atomic E-state index is 0.108. The Bertz CT molecular complexity index is 501. The summed E-state index contributed by atoms with van der Waals surface area (Å²) in [5.74, 6) is -1.14. The van der Waals surface area contributed by atoms with Crippen LogP contribution in [0.5, 0.6) is 0 Å². The van der Waals surface area contributed by atoms with Gasteiger partial charge in [-0.05, 0) is 40.7 Å². The Hall–Kier alpha value is -1.78. The van der Waals surface area contributed by atoms with E-state index in [2.05, 4.69) is 9.88 Å². The van der Waals surface area contributed by atoms with Gasteiger partial charge in [-0.1, -0.05) is 0 Å². The van der Waals surface area contributed by atoms with E-state index in [1.165, 1.54) is 0 Å². The second-order valence-corrected chi connectivity index (χ2v) is 5.40. The van der Waals surface area contributed by atoms with Crippen LogP contribution in [0.4, 0.5) is 0 Å². The zero-order chi connectivity index (χ0) is 14.8. The molecule has 1 rings (SSSR count). The average molecular weight is 266 g/mol. The van der Waals surface area contributed by atoms with Gasteiger partial charge >= 0.3 is 5.97 Å². The van der Waals surface area contributed by atoms with E-state index in [4.69, 9.17) is 5.11 Å². The van der Waals surface area contributed by atoms with Gasteiger partial charge in [-0.15, -0.1) is 0 Å². The van der Waals surface area contributed by atoms with Gasteiger partial charge in [0.05, 0.1) is 11.0 Å². The third-order valence-corrected chi connectivity index (χ3v) is 3.40. The number of hydrogen-bond donors (Lipinski definition) is 2. The van der Waals surface area contributed by atoms with E-state index >= 15 is 0 Å². The molecule has 0 aliphatic carbocycles. The molecule has 0 saturated carbocycles. The summed E-state index contributed by atoms with van der Waals surface area (Å²) in [5, 5.41) is 11.7. The number of aryl methyl sites for hydroxylation is 1. The van der Waals surface area contributed by atoms with Crippen LogP contribution in [0.1, 0.15) is 42.5 Å². The van der Waals surface area contributed by atoms with Gasteiger partial charge in [0.1, 0.15) is 0 Å². The van der Waals surface area contributed by atoms with E-state index in [9.17, 15) is 9.59 Å². The van der Waals surface area contributed by atoms with Gasteiger partial charge in [0, 0.05) is 24.5 Å². The molecule has 0 fully saturated rings. The van der Waals surface area contributed by atoms with E-state index in [-0.39, 0.29) is 12.5 Å². The lowest BCUT2D eigenvalue weighted by molar-refractivity contribution is -0.146. The second-order valence-electron chi connectivity index (χ2n) is 5.40. The summed E-state index contributed by atoms with van der Waals surface area (Å²) in [6.07, 6.45) is 0. The molecule has 19 heavy (non-hydrogen) atoms. The number of carbonyl (C=O) groups excluding carboxylic acids is 1. The molecular weight excluding hydrogens is 244 g/mol. The monoisotopic (exact) mass is 266 g/mol. The summed E-state index contributed by atoms with van der Waals surface area (Å²) in [4.78, 5) is 23.1. The molecular formula is C14H22N2O3. The maximum Gasteiger partial charge on any atom is 0.310 e. The van der Waals surface area contributed by atoms with Crippen LogP contribution in [-0.4, -0.2) is 28.1 Å². The molecule has 0 bridgehead atoms. The highest BCUT2D eigenvalue weighted by Gasteiger charge is 2.28. The van der Waals surface area contributed by atoms with Gasteiger partial charge in [-0.25, -0.2) is 0 Å². The third-order valence-electron chi connectivity index (χ3n) is 3.40. The van der Waals surface area contributed by atoms with Crippen LogP contribution >= 0.6 is 0 Å². The number of carboxylic acids is 1. The topological polar surface area (TPSA) is 71.3 Å². The molecule has 0 saturated heterocycles. The minimum atomic E-state index is -0.966. The Morgan fingerprint density at radius 2 is 1.95 bits per heavy atom. The number of hydrogen-bond acceptors (Lipinski definition) is 2. The van der Waals surface area contributed by atoms with Crippen molar-refractivity contribution in [3.63, 3.8) is 0 Å². The molecule has 1 amide bonds. The summed E-state index contributed by atoms with van der Waals surface area (Å²) in [6, 6.07) is 1.84. The van der Waals surface area contributed by atoms with E-state index < -0.39 is 11.4 Å². The van der Waals surface area contributed by atoms with Crippen LogP contribution in [-0.2, 0) is 11.3 Å². The lowest BCUT2D eigenvalue weighted by atomic mass is 9.94. The molecule has 1 heterocycles. The lowest BCUT2D eigenvalue weighted by Gasteiger charge is -2.19. The van der Waals surface area contributed by atoms with Crippen molar-refractivity contribution < 1.29 is 14.7 Å².